The molecule has 0 unspecified atom stereocenters. The molecule has 3 heterocycles. The summed E-state index contributed by atoms with van der Waals surface area (Å²) in [4.78, 5) is 35.3. The fourth-order valence-corrected chi connectivity index (χ4v) is 4.40. The zero-order chi connectivity index (χ0) is 21.6. The number of amides is 2. The molecule has 3 aliphatic rings. The van der Waals surface area contributed by atoms with E-state index < -0.39 is 0 Å². The van der Waals surface area contributed by atoms with Crippen LogP contribution >= 0.6 is 0 Å². The highest BCUT2D eigenvalue weighted by atomic mass is 19.1. The summed E-state index contributed by atoms with van der Waals surface area (Å²) in [6.45, 7) is 9.08. The Morgan fingerprint density at radius 2 is 1.26 bits per heavy atom. The number of hydrogen-bond acceptors (Lipinski definition) is 6. The minimum absolute atomic E-state index is 0.112. The first kappa shape index (κ1) is 22.0. The van der Waals surface area contributed by atoms with Crippen LogP contribution in [0.1, 0.15) is 0 Å². The van der Waals surface area contributed by atoms with E-state index in [1.807, 2.05) is 20.8 Å². The molecule has 0 N–H and O–H groups in total. The highest BCUT2D eigenvalue weighted by Crippen LogP contribution is 2.20. The smallest absolute Gasteiger partial charge is 0.236 e. The monoisotopic (exact) mass is 433 g/mol. The molecule has 1 aromatic rings. The van der Waals surface area contributed by atoms with Crippen molar-refractivity contribution in [3.63, 3.8) is 0 Å². The molecular weight excluding hydrogens is 401 g/mol. The van der Waals surface area contributed by atoms with Crippen LogP contribution in [-0.4, -0.2) is 123 Å². The molecule has 1 aromatic carbocycles. The average molecular weight is 434 g/mol. The van der Waals surface area contributed by atoms with Gasteiger partial charge in [0.15, 0.2) is 0 Å². The zero-order valence-electron chi connectivity index (χ0n) is 18.0. The van der Waals surface area contributed by atoms with Gasteiger partial charge in [0.25, 0.3) is 0 Å². The van der Waals surface area contributed by atoms with E-state index in [1.54, 1.807) is 12.1 Å². The molecule has 0 radical (unpaired) electrons. The summed E-state index contributed by atoms with van der Waals surface area (Å²) in [7, 11) is 0. The van der Waals surface area contributed by atoms with Gasteiger partial charge in [-0.3, -0.25) is 19.4 Å². The number of anilines is 1. The summed E-state index contributed by atoms with van der Waals surface area (Å²) in [6, 6.07) is 6.78. The molecule has 0 spiro atoms. The Morgan fingerprint density at radius 1 is 0.742 bits per heavy atom. The van der Waals surface area contributed by atoms with Gasteiger partial charge in [-0.05, 0) is 12.1 Å². The third-order valence-corrected chi connectivity index (χ3v) is 6.37. The molecule has 0 atom stereocenters. The highest BCUT2D eigenvalue weighted by Gasteiger charge is 2.27. The molecular formula is C22H32FN5O3. The fourth-order valence-electron chi connectivity index (χ4n) is 4.40. The number of carbonyl (C=O) groups is 2. The molecule has 0 saturated carbocycles. The van der Waals surface area contributed by atoms with Crippen LogP contribution in [0.4, 0.5) is 10.1 Å². The molecule has 0 bridgehead atoms. The Labute approximate surface area is 183 Å². The number of rotatable bonds is 5. The molecule has 9 heteroatoms. The maximum absolute atomic E-state index is 14.0. The average Bonchev–Trinajstić information content (AvgIpc) is 2.80. The van der Waals surface area contributed by atoms with Crippen molar-refractivity contribution >= 4 is 17.5 Å². The highest BCUT2D eigenvalue weighted by molar-refractivity contribution is 5.79. The number of benzene rings is 1. The van der Waals surface area contributed by atoms with Gasteiger partial charge in [-0.2, -0.15) is 0 Å². The number of halogens is 1. The minimum atomic E-state index is -0.219. The van der Waals surface area contributed by atoms with Crippen molar-refractivity contribution in [1.82, 2.24) is 19.6 Å². The van der Waals surface area contributed by atoms with Crippen LogP contribution in [0.3, 0.4) is 0 Å². The van der Waals surface area contributed by atoms with Crippen LogP contribution in [0, 0.1) is 5.82 Å². The maximum atomic E-state index is 14.0. The predicted molar refractivity (Wildman–Crippen MR) is 115 cm³/mol. The third kappa shape index (κ3) is 5.72. The number of morpholine rings is 1. The summed E-state index contributed by atoms with van der Waals surface area (Å²) in [5.41, 5.74) is 0.604. The van der Waals surface area contributed by atoms with Crippen LogP contribution in [0.2, 0.25) is 0 Å². The van der Waals surface area contributed by atoms with E-state index in [9.17, 15) is 14.0 Å². The maximum Gasteiger partial charge on any atom is 0.236 e. The second kappa shape index (κ2) is 10.4. The van der Waals surface area contributed by atoms with E-state index >= 15 is 0 Å². The SMILES string of the molecule is O=C(CN1CCOCC1)N1CCN(CC(=O)N2CCN(c3ccccc3F)CC2)CC1. The van der Waals surface area contributed by atoms with E-state index in [1.165, 1.54) is 6.07 Å². The molecule has 3 saturated heterocycles. The first-order chi connectivity index (χ1) is 15.1. The number of ether oxygens (including phenoxy) is 1. The van der Waals surface area contributed by atoms with Gasteiger partial charge in [-0.15, -0.1) is 0 Å². The van der Waals surface area contributed by atoms with Gasteiger partial charge in [-0.1, -0.05) is 12.1 Å². The molecule has 0 aromatic heterocycles. The van der Waals surface area contributed by atoms with Gasteiger partial charge in [0.2, 0.25) is 11.8 Å². The largest absolute Gasteiger partial charge is 0.379 e. The molecule has 0 aliphatic carbocycles. The first-order valence-corrected chi connectivity index (χ1v) is 11.2. The molecule has 31 heavy (non-hydrogen) atoms. The lowest BCUT2D eigenvalue weighted by Crippen LogP contribution is -2.55. The van der Waals surface area contributed by atoms with Gasteiger partial charge in [0, 0.05) is 65.4 Å². The lowest BCUT2D eigenvalue weighted by atomic mass is 10.2. The summed E-state index contributed by atoms with van der Waals surface area (Å²) < 4.78 is 19.3. The van der Waals surface area contributed by atoms with Gasteiger partial charge in [-0.25, -0.2) is 4.39 Å². The Bertz CT molecular complexity index is 757. The van der Waals surface area contributed by atoms with Crippen molar-refractivity contribution in [1.29, 1.82) is 0 Å². The van der Waals surface area contributed by atoms with Crippen LogP contribution in [0.15, 0.2) is 24.3 Å². The Kier molecular flexibility index (Phi) is 7.37. The van der Waals surface area contributed by atoms with Crippen LogP contribution in [0.5, 0.6) is 0 Å². The first-order valence-electron chi connectivity index (χ1n) is 11.2. The molecule has 2 amide bonds. The van der Waals surface area contributed by atoms with Crippen molar-refractivity contribution in [2.24, 2.45) is 0 Å². The van der Waals surface area contributed by atoms with E-state index in [4.69, 9.17) is 4.74 Å². The number of nitrogens with zero attached hydrogens (tertiary/aromatic N) is 5. The van der Waals surface area contributed by atoms with Gasteiger partial charge in [0.1, 0.15) is 5.82 Å². The number of hydrogen-bond donors (Lipinski definition) is 0. The summed E-state index contributed by atoms with van der Waals surface area (Å²) >= 11 is 0. The lowest BCUT2D eigenvalue weighted by Gasteiger charge is -2.39. The van der Waals surface area contributed by atoms with Crippen molar-refractivity contribution in [2.75, 3.05) is 96.7 Å². The number of para-hydroxylation sites is 1. The van der Waals surface area contributed by atoms with Crippen LogP contribution < -0.4 is 4.90 Å². The minimum Gasteiger partial charge on any atom is -0.379 e. The lowest BCUT2D eigenvalue weighted by molar-refractivity contribution is -0.136. The zero-order valence-corrected chi connectivity index (χ0v) is 18.0. The number of carbonyl (C=O) groups excluding carboxylic acids is 2. The second-order valence-corrected chi connectivity index (χ2v) is 8.36. The fraction of sp³-hybridized carbons (Fsp3) is 0.636. The van der Waals surface area contributed by atoms with Crippen LogP contribution in [0.25, 0.3) is 0 Å². The van der Waals surface area contributed by atoms with Gasteiger partial charge >= 0.3 is 0 Å². The standard InChI is InChI=1S/C22H32FN5O3/c23-19-3-1-2-4-20(19)26-9-11-28(12-10-26)21(29)17-24-5-7-27(8-6-24)22(30)18-25-13-15-31-16-14-25/h1-4H,5-18H2. The van der Waals surface area contributed by atoms with E-state index in [0.29, 0.717) is 71.3 Å². The third-order valence-electron chi connectivity index (χ3n) is 6.37. The number of piperazine rings is 2. The van der Waals surface area contributed by atoms with Crippen molar-refractivity contribution in [2.45, 2.75) is 0 Å². The van der Waals surface area contributed by atoms with Gasteiger partial charge < -0.3 is 19.4 Å². The molecule has 170 valence electrons. The Balaban J connectivity index is 1.17. The van der Waals surface area contributed by atoms with E-state index in [-0.39, 0.29) is 17.6 Å². The summed E-state index contributed by atoms with van der Waals surface area (Å²) in [5, 5.41) is 0. The molecule has 3 fully saturated rings. The van der Waals surface area contributed by atoms with E-state index in [0.717, 1.165) is 26.2 Å². The normalized spacial score (nSPS) is 21.4. The van der Waals surface area contributed by atoms with Crippen molar-refractivity contribution < 1.29 is 18.7 Å². The Hall–Kier alpha value is -2.23. The van der Waals surface area contributed by atoms with Crippen molar-refractivity contribution in [3.05, 3.63) is 30.1 Å². The summed E-state index contributed by atoms with van der Waals surface area (Å²) in [6.07, 6.45) is 0. The van der Waals surface area contributed by atoms with Crippen LogP contribution in [-0.2, 0) is 14.3 Å². The summed E-state index contributed by atoms with van der Waals surface area (Å²) in [5.74, 6) is 0.0572. The van der Waals surface area contributed by atoms with E-state index in [2.05, 4.69) is 9.80 Å². The predicted octanol–water partition coefficient (Wildman–Crippen LogP) is -0.0493. The quantitative estimate of drug-likeness (QED) is 0.649. The van der Waals surface area contributed by atoms with Gasteiger partial charge in [0.05, 0.1) is 32.0 Å². The molecule has 4 rings (SSSR count). The second-order valence-electron chi connectivity index (χ2n) is 8.36. The molecule has 8 nitrogen and oxygen atoms in total. The Morgan fingerprint density at radius 3 is 1.84 bits per heavy atom. The molecule has 3 aliphatic heterocycles. The van der Waals surface area contributed by atoms with Crippen molar-refractivity contribution in [3.8, 4) is 0 Å². The topological polar surface area (TPSA) is 59.6 Å².